The molecule has 0 atom stereocenters. The van der Waals surface area contributed by atoms with E-state index in [0.717, 1.165) is 0 Å². The number of allylic oxidation sites excluding steroid dienone is 1. The minimum atomic E-state index is -0.447. The summed E-state index contributed by atoms with van der Waals surface area (Å²) in [5, 5.41) is 10.5. The molecule has 0 aliphatic heterocycles. The Hall–Kier alpha value is -1.42. The first-order valence-corrected chi connectivity index (χ1v) is 4.53. The van der Waals surface area contributed by atoms with Crippen LogP contribution < -0.4 is 0 Å². The van der Waals surface area contributed by atoms with E-state index in [0.29, 0.717) is 17.3 Å². The van der Waals surface area contributed by atoms with Gasteiger partial charge in [-0.2, -0.15) is 0 Å². The van der Waals surface area contributed by atoms with Crippen LogP contribution in [0, 0.1) is 17.0 Å². The topological polar surface area (TPSA) is 56.0 Å². The van der Waals surface area contributed by atoms with Crippen molar-refractivity contribution in [1.29, 1.82) is 0 Å². The summed E-state index contributed by atoms with van der Waals surface area (Å²) >= 11 is 5.45. The molecule has 0 saturated carbocycles. The first-order chi connectivity index (χ1) is 6.65. The van der Waals surface area contributed by atoms with E-state index in [-0.39, 0.29) is 5.69 Å². The number of aromatic nitrogens is 1. The van der Waals surface area contributed by atoms with Crippen LogP contribution in [0.3, 0.4) is 0 Å². The Labute approximate surface area is 86.4 Å². The van der Waals surface area contributed by atoms with Crippen molar-refractivity contribution in [1.82, 2.24) is 4.98 Å². The average Bonchev–Trinajstić information content (AvgIpc) is 2.14. The zero-order valence-electron chi connectivity index (χ0n) is 7.61. The van der Waals surface area contributed by atoms with Gasteiger partial charge in [-0.1, -0.05) is 6.08 Å². The third-order valence-electron chi connectivity index (χ3n) is 1.65. The number of aryl methyl sites for hydroxylation is 1. The minimum Gasteiger partial charge on any atom is -0.258 e. The molecule has 0 aromatic carbocycles. The molecule has 1 heterocycles. The fourth-order valence-electron chi connectivity index (χ4n) is 1.02. The molecule has 5 heteroatoms. The average molecular weight is 213 g/mol. The number of rotatable bonds is 3. The summed E-state index contributed by atoms with van der Waals surface area (Å²) in [5.74, 6) is 0.401. The third kappa shape index (κ3) is 2.53. The molecule has 4 nitrogen and oxygen atoms in total. The van der Waals surface area contributed by atoms with Crippen LogP contribution in [0.5, 0.6) is 0 Å². The van der Waals surface area contributed by atoms with Crippen LogP contribution in [0.15, 0.2) is 18.2 Å². The standard InChI is InChI=1S/C9H9ClN2O2/c1-7-9(12(13)14)5-4-8(11-7)3-2-6-10/h2-5H,6H2,1H3. The molecule has 0 aliphatic rings. The highest BCUT2D eigenvalue weighted by Crippen LogP contribution is 2.15. The van der Waals surface area contributed by atoms with E-state index in [1.807, 2.05) is 0 Å². The number of hydrogen-bond acceptors (Lipinski definition) is 3. The fraction of sp³-hybridized carbons (Fsp3) is 0.222. The first kappa shape index (κ1) is 10.7. The Morgan fingerprint density at radius 2 is 2.36 bits per heavy atom. The number of halogens is 1. The Bertz CT molecular complexity index is 377. The summed E-state index contributed by atoms with van der Waals surface area (Å²) in [5.41, 5.74) is 1.12. The van der Waals surface area contributed by atoms with Gasteiger partial charge in [0.15, 0.2) is 0 Å². The highest BCUT2D eigenvalue weighted by molar-refractivity contribution is 6.19. The highest BCUT2D eigenvalue weighted by atomic mass is 35.5. The number of nitrogens with zero attached hydrogens (tertiary/aromatic N) is 2. The van der Waals surface area contributed by atoms with E-state index in [2.05, 4.69) is 4.98 Å². The maximum absolute atomic E-state index is 10.5. The van der Waals surface area contributed by atoms with Crippen LogP contribution in [0.25, 0.3) is 6.08 Å². The van der Waals surface area contributed by atoms with Gasteiger partial charge in [0.1, 0.15) is 5.69 Å². The second-order valence-electron chi connectivity index (χ2n) is 2.65. The predicted octanol–water partition coefficient (Wildman–Crippen LogP) is 2.55. The van der Waals surface area contributed by atoms with Crippen molar-refractivity contribution in [3.8, 4) is 0 Å². The van der Waals surface area contributed by atoms with Crippen molar-refractivity contribution in [2.45, 2.75) is 6.92 Å². The SMILES string of the molecule is Cc1nc(C=CCCl)ccc1[N+](=O)[O-]. The number of pyridine rings is 1. The molecule has 0 saturated heterocycles. The van der Waals surface area contributed by atoms with Crippen LogP contribution in [-0.2, 0) is 0 Å². The molecule has 14 heavy (non-hydrogen) atoms. The molecular formula is C9H9ClN2O2. The second kappa shape index (κ2) is 4.72. The van der Waals surface area contributed by atoms with Crippen LogP contribution in [0.4, 0.5) is 5.69 Å². The largest absolute Gasteiger partial charge is 0.290 e. The van der Waals surface area contributed by atoms with Gasteiger partial charge in [-0.25, -0.2) is 4.98 Å². The molecule has 0 unspecified atom stereocenters. The van der Waals surface area contributed by atoms with Gasteiger partial charge in [-0.15, -0.1) is 11.6 Å². The summed E-state index contributed by atoms with van der Waals surface area (Å²) in [6.45, 7) is 1.61. The maximum Gasteiger partial charge on any atom is 0.290 e. The Kier molecular flexibility index (Phi) is 3.59. The lowest BCUT2D eigenvalue weighted by Crippen LogP contribution is -1.95. The second-order valence-corrected chi connectivity index (χ2v) is 2.96. The maximum atomic E-state index is 10.5. The Balaban J connectivity index is 3.00. The molecule has 0 bridgehead atoms. The van der Waals surface area contributed by atoms with Crippen LogP contribution >= 0.6 is 11.6 Å². The molecule has 0 radical (unpaired) electrons. The van der Waals surface area contributed by atoms with Crippen molar-refractivity contribution in [2.75, 3.05) is 5.88 Å². The summed E-state index contributed by atoms with van der Waals surface area (Å²) < 4.78 is 0. The number of alkyl halides is 1. The normalized spacial score (nSPS) is 10.7. The zero-order chi connectivity index (χ0) is 10.6. The lowest BCUT2D eigenvalue weighted by molar-refractivity contribution is -0.385. The van der Waals surface area contributed by atoms with Gasteiger partial charge in [-0.05, 0) is 19.1 Å². The van der Waals surface area contributed by atoms with E-state index in [1.165, 1.54) is 6.07 Å². The first-order valence-electron chi connectivity index (χ1n) is 3.99. The van der Waals surface area contributed by atoms with E-state index < -0.39 is 4.92 Å². The molecule has 0 N–H and O–H groups in total. The molecule has 74 valence electrons. The summed E-state index contributed by atoms with van der Waals surface area (Å²) in [7, 11) is 0. The van der Waals surface area contributed by atoms with Gasteiger partial charge in [0, 0.05) is 11.9 Å². The van der Waals surface area contributed by atoms with Gasteiger partial charge >= 0.3 is 0 Å². The van der Waals surface area contributed by atoms with Gasteiger partial charge in [0.2, 0.25) is 0 Å². The fourth-order valence-corrected chi connectivity index (χ4v) is 1.11. The van der Waals surface area contributed by atoms with Crippen molar-refractivity contribution < 1.29 is 4.92 Å². The third-order valence-corrected chi connectivity index (χ3v) is 1.83. The van der Waals surface area contributed by atoms with E-state index in [4.69, 9.17) is 11.6 Å². The monoisotopic (exact) mass is 212 g/mol. The Morgan fingerprint density at radius 3 is 2.86 bits per heavy atom. The van der Waals surface area contributed by atoms with Crippen molar-refractivity contribution >= 4 is 23.4 Å². The molecule has 0 amide bonds. The van der Waals surface area contributed by atoms with Gasteiger partial charge in [0.05, 0.1) is 10.6 Å². The van der Waals surface area contributed by atoms with Crippen molar-refractivity contribution in [3.63, 3.8) is 0 Å². The van der Waals surface area contributed by atoms with Gasteiger partial charge < -0.3 is 0 Å². The van der Waals surface area contributed by atoms with E-state index in [1.54, 1.807) is 25.1 Å². The minimum absolute atomic E-state index is 0.0352. The van der Waals surface area contributed by atoms with Gasteiger partial charge in [0.25, 0.3) is 5.69 Å². The summed E-state index contributed by atoms with van der Waals surface area (Å²) in [4.78, 5) is 14.1. The van der Waals surface area contributed by atoms with E-state index >= 15 is 0 Å². The molecule has 1 rings (SSSR count). The lowest BCUT2D eigenvalue weighted by atomic mass is 10.2. The van der Waals surface area contributed by atoms with Crippen LogP contribution in [0.2, 0.25) is 0 Å². The van der Waals surface area contributed by atoms with Crippen LogP contribution in [-0.4, -0.2) is 15.8 Å². The molecule has 1 aromatic heterocycles. The predicted molar refractivity (Wildman–Crippen MR) is 55.4 cm³/mol. The molecular weight excluding hydrogens is 204 g/mol. The quantitative estimate of drug-likeness (QED) is 0.440. The molecule has 0 fully saturated rings. The summed E-state index contributed by atoms with van der Waals surface area (Å²) in [6, 6.07) is 3.03. The number of hydrogen-bond donors (Lipinski definition) is 0. The lowest BCUT2D eigenvalue weighted by Gasteiger charge is -1.97. The van der Waals surface area contributed by atoms with Crippen molar-refractivity contribution in [3.05, 3.63) is 39.7 Å². The summed E-state index contributed by atoms with van der Waals surface area (Å²) in [6.07, 6.45) is 3.46. The molecule has 1 aromatic rings. The molecule has 0 spiro atoms. The zero-order valence-corrected chi connectivity index (χ0v) is 8.36. The van der Waals surface area contributed by atoms with Gasteiger partial charge in [-0.3, -0.25) is 10.1 Å². The smallest absolute Gasteiger partial charge is 0.258 e. The molecule has 0 aliphatic carbocycles. The Morgan fingerprint density at radius 1 is 1.64 bits per heavy atom. The van der Waals surface area contributed by atoms with Crippen molar-refractivity contribution in [2.24, 2.45) is 0 Å². The number of nitro groups is 1. The van der Waals surface area contributed by atoms with E-state index in [9.17, 15) is 10.1 Å². The van der Waals surface area contributed by atoms with Crippen LogP contribution in [0.1, 0.15) is 11.4 Å². The highest BCUT2D eigenvalue weighted by Gasteiger charge is 2.10.